The standard InChI is InChI=1S/C24H30N2O4S/c1-24(28)16-17-26(31(29,30)20-14-6-3-7-15-20)21(18-10-4-2-5-11-18)22(24)25-23(27)19-12-8-9-13-19/h2-7,10-11,14-15,19,21-22,28H,8-9,12-13,16-17H2,1H3,(H,25,27). The van der Waals surface area contributed by atoms with Crippen LogP contribution in [0.15, 0.2) is 65.6 Å². The van der Waals surface area contributed by atoms with Crippen LogP contribution in [0, 0.1) is 5.92 Å². The fourth-order valence-corrected chi connectivity index (χ4v) is 6.48. The molecule has 166 valence electrons. The Hall–Kier alpha value is -2.22. The summed E-state index contributed by atoms with van der Waals surface area (Å²) < 4.78 is 28.6. The number of amides is 1. The van der Waals surface area contributed by atoms with Gasteiger partial charge in [0.2, 0.25) is 15.9 Å². The molecular formula is C24H30N2O4S. The predicted molar refractivity (Wildman–Crippen MR) is 119 cm³/mol. The van der Waals surface area contributed by atoms with Gasteiger partial charge in [0, 0.05) is 12.5 Å². The zero-order valence-electron chi connectivity index (χ0n) is 17.8. The average molecular weight is 443 g/mol. The normalized spacial score (nSPS) is 27.8. The number of nitrogens with one attached hydrogen (secondary N) is 1. The monoisotopic (exact) mass is 442 g/mol. The average Bonchev–Trinajstić information content (AvgIpc) is 3.31. The maximum absolute atomic E-state index is 13.6. The van der Waals surface area contributed by atoms with Crippen LogP contribution in [0.1, 0.15) is 50.6 Å². The molecule has 1 aliphatic carbocycles. The summed E-state index contributed by atoms with van der Waals surface area (Å²) in [5.74, 6) is -0.170. The highest BCUT2D eigenvalue weighted by molar-refractivity contribution is 7.89. The summed E-state index contributed by atoms with van der Waals surface area (Å²) in [4.78, 5) is 13.2. The third-order valence-corrected chi connectivity index (χ3v) is 8.54. The van der Waals surface area contributed by atoms with Gasteiger partial charge in [0.25, 0.3) is 0 Å². The Bertz CT molecular complexity index is 1000. The van der Waals surface area contributed by atoms with E-state index in [-0.39, 0.29) is 29.7 Å². The molecule has 1 heterocycles. The van der Waals surface area contributed by atoms with E-state index in [0.29, 0.717) is 0 Å². The van der Waals surface area contributed by atoms with Crippen LogP contribution in [0.5, 0.6) is 0 Å². The van der Waals surface area contributed by atoms with Gasteiger partial charge in [0.15, 0.2) is 0 Å². The molecule has 2 fully saturated rings. The van der Waals surface area contributed by atoms with Gasteiger partial charge in [-0.2, -0.15) is 4.31 Å². The number of carbonyl (C=O) groups excluding carboxylic acids is 1. The molecule has 2 aromatic rings. The number of piperidine rings is 1. The van der Waals surface area contributed by atoms with Gasteiger partial charge in [-0.15, -0.1) is 0 Å². The number of hydrogen-bond donors (Lipinski definition) is 2. The van der Waals surface area contributed by atoms with Crippen molar-refractivity contribution in [2.24, 2.45) is 5.92 Å². The van der Waals surface area contributed by atoms with Crippen LogP contribution in [0.2, 0.25) is 0 Å². The van der Waals surface area contributed by atoms with Gasteiger partial charge in [-0.1, -0.05) is 61.4 Å². The second-order valence-electron chi connectivity index (χ2n) is 8.86. The van der Waals surface area contributed by atoms with Crippen molar-refractivity contribution in [3.8, 4) is 0 Å². The van der Waals surface area contributed by atoms with Gasteiger partial charge < -0.3 is 10.4 Å². The van der Waals surface area contributed by atoms with Crippen molar-refractivity contribution in [2.75, 3.05) is 6.54 Å². The molecule has 3 unspecified atom stereocenters. The molecular weight excluding hydrogens is 412 g/mol. The quantitative estimate of drug-likeness (QED) is 0.744. The van der Waals surface area contributed by atoms with Gasteiger partial charge in [-0.05, 0) is 43.9 Å². The summed E-state index contributed by atoms with van der Waals surface area (Å²) in [5.41, 5.74) is -0.490. The number of rotatable bonds is 5. The first kappa shape index (κ1) is 22.0. The van der Waals surface area contributed by atoms with Crippen molar-refractivity contribution < 1.29 is 18.3 Å². The molecule has 1 saturated carbocycles. The second kappa shape index (κ2) is 8.73. The third kappa shape index (κ3) is 4.40. The third-order valence-electron chi connectivity index (χ3n) is 6.65. The zero-order valence-corrected chi connectivity index (χ0v) is 18.6. The topological polar surface area (TPSA) is 86.7 Å². The van der Waals surface area contributed by atoms with Crippen molar-refractivity contribution in [3.05, 3.63) is 66.2 Å². The summed E-state index contributed by atoms with van der Waals surface area (Å²) in [5, 5.41) is 14.3. The molecule has 7 heteroatoms. The van der Waals surface area contributed by atoms with Gasteiger partial charge in [0.05, 0.1) is 22.6 Å². The van der Waals surface area contributed by atoms with Crippen LogP contribution in [-0.2, 0) is 14.8 Å². The molecule has 2 N–H and O–H groups in total. The molecule has 0 bridgehead atoms. The smallest absolute Gasteiger partial charge is 0.243 e. The Balaban J connectivity index is 1.76. The van der Waals surface area contributed by atoms with Crippen LogP contribution in [0.3, 0.4) is 0 Å². The van der Waals surface area contributed by atoms with E-state index in [0.717, 1.165) is 31.2 Å². The van der Waals surface area contributed by atoms with E-state index in [1.807, 2.05) is 30.3 Å². The number of sulfonamides is 1. The maximum Gasteiger partial charge on any atom is 0.243 e. The van der Waals surface area contributed by atoms with E-state index in [2.05, 4.69) is 5.32 Å². The van der Waals surface area contributed by atoms with Crippen molar-refractivity contribution in [2.45, 2.75) is 61.6 Å². The molecule has 31 heavy (non-hydrogen) atoms. The molecule has 1 saturated heterocycles. The Morgan fingerprint density at radius 1 is 1.03 bits per heavy atom. The Morgan fingerprint density at radius 3 is 2.23 bits per heavy atom. The Kier molecular flexibility index (Phi) is 6.19. The first-order valence-corrected chi connectivity index (χ1v) is 12.4. The zero-order chi connectivity index (χ0) is 22.1. The van der Waals surface area contributed by atoms with E-state index >= 15 is 0 Å². The molecule has 2 aliphatic rings. The summed E-state index contributed by atoms with van der Waals surface area (Å²) in [6, 6.07) is 16.1. The van der Waals surface area contributed by atoms with Crippen LogP contribution < -0.4 is 5.32 Å². The number of carbonyl (C=O) groups is 1. The van der Waals surface area contributed by atoms with Crippen molar-refractivity contribution in [3.63, 3.8) is 0 Å². The summed E-state index contributed by atoms with van der Waals surface area (Å²) >= 11 is 0. The molecule has 0 radical (unpaired) electrons. The van der Waals surface area contributed by atoms with E-state index in [1.54, 1.807) is 37.3 Å². The summed E-state index contributed by atoms with van der Waals surface area (Å²) in [6.45, 7) is 1.86. The van der Waals surface area contributed by atoms with E-state index in [9.17, 15) is 18.3 Å². The van der Waals surface area contributed by atoms with Crippen molar-refractivity contribution in [1.82, 2.24) is 9.62 Å². The first-order valence-electron chi connectivity index (χ1n) is 11.0. The lowest BCUT2D eigenvalue weighted by Gasteiger charge is -2.48. The fraction of sp³-hybridized carbons (Fsp3) is 0.458. The summed E-state index contributed by atoms with van der Waals surface area (Å²) in [6.07, 6.45) is 3.95. The van der Waals surface area contributed by atoms with Crippen LogP contribution in [0.25, 0.3) is 0 Å². The highest BCUT2D eigenvalue weighted by atomic mass is 32.2. The van der Waals surface area contributed by atoms with Crippen LogP contribution in [-0.4, -0.2) is 41.9 Å². The Morgan fingerprint density at radius 2 is 1.61 bits per heavy atom. The minimum atomic E-state index is -3.83. The maximum atomic E-state index is 13.6. The van der Waals surface area contributed by atoms with Crippen LogP contribution >= 0.6 is 0 Å². The van der Waals surface area contributed by atoms with Crippen LogP contribution in [0.4, 0.5) is 0 Å². The summed E-state index contributed by atoms with van der Waals surface area (Å²) in [7, 11) is -3.83. The highest BCUT2D eigenvalue weighted by Gasteiger charge is 2.50. The molecule has 1 aliphatic heterocycles. The van der Waals surface area contributed by atoms with E-state index in [1.165, 1.54) is 4.31 Å². The molecule has 0 spiro atoms. The lowest BCUT2D eigenvalue weighted by molar-refractivity contribution is -0.130. The number of aliphatic hydroxyl groups is 1. The number of hydrogen-bond acceptors (Lipinski definition) is 4. The Labute approximate surface area is 184 Å². The predicted octanol–water partition coefficient (Wildman–Crippen LogP) is 3.25. The fourth-order valence-electron chi connectivity index (χ4n) is 4.84. The molecule has 2 aromatic carbocycles. The minimum absolute atomic E-state index is 0.0756. The van der Waals surface area contributed by atoms with Gasteiger partial charge in [-0.3, -0.25) is 4.79 Å². The largest absolute Gasteiger partial charge is 0.388 e. The second-order valence-corrected chi connectivity index (χ2v) is 10.7. The molecule has 3 atom stereocenters. The molecule has 1 amide bonds. The van der Waals surface area contributed by atoms with Gasteiger partial charge >= 0.3 is 0 Å². The van der Waals surface area contributed by atoms with Gasteiger partial charge in [-0.25, -0.2) is 8.42 Å². The van der Waals surface area contributed by atoms with E-state index in [4.69, 9.17) is 0 Å². The minimum Gasteiger partial charge on any atom is -0.388 e. The molecule has 0 aromatic heterocycles. The highest BCUT2D eigenvalue weighted by Crippen LogP contribution is 2.40. The van der Waals surface area contributed by atoms with Crippen molar-refractivity contribution >= 4 is 15.9 Å². The van der Waals surface area contributed by atoms with Gasteiger partial charge in [0.1, 0.15) is 0 Å². The molecule has 4 rings (SSSR count). The first-order chi connectivity index (χ1) is 14.8. The lowest BCUT2D eigenvalue weighted by Crippen LogP contribution is -2.63. The SMILES string of the molecule is CC1(O)CCN(S(=O)(=O)c2ccccc2)C(c2ccccc2)C1NC(=O)C1CCCC1. The number of benzene rings is 2. The number of nitrogens with zero attached hydrogens (tertiary/aromatic N) is 1. The lowest BCUT2D eigenvalue weighted by atomic mass is 9.80. The van der Waals surface area contributed by atoms with Crippen molar-refractivity contribution in [1.29, 1.82) is 0 Å². The van der Waals surface area contributed by atoms with E-state index < -0.39 is 27.7 Å². The molecule has 6 nitrogen and oxygen atoms in total.